The third-order valence-electron chi connectivity index (χ3n) is 10.9. The summed E-state index contributed by atoms with van der Waals surface area (Å²) in [6.07, 6.45) is -1.26. The fraction of sp³-hybridized carbons (Fsp3) is 0.261. The minimum atomic E-state index is -2.65. The van der Waals surface area contributed by atoms with Crippen LogP contribution < -0.4 is 20.9 Å². The lowest BCUT2D eigenvalue weighted by atomic mass is 9.98. The molecular weight excluding hydrogens is 885 g/mol. The minimum absolute atomic E-state index is 0.0469. The molecule has 1 amide bonds. The summed E-state index contributed by atoms with van der Waals surface area (Å²) >= 11 is 2.77. The number of nitrogens with one attached hydrogen (secondary N) is 1. The van der Waals surface area contributed by atoms with Gasteiger partial charge in [0.25, 0.3) is 18.8 Å². The number of thiazole rings is 2. The number of ether oxygens (including phenoxy) is 2. The van der Waals surface area contributed by atoms with Gasteiger partial charge in [0.05, 0.1) is 60.4 Å². The van der Waals surface area contributed by atoms with Crippen LogP contribution in [0.4, 0.5) is 50.6 Å². The first-order valence-corrected chi connectivity index (χ1v) is 22.3. The number of nitrogens with two attached hydrogens (primary N) is 1. The molecule has 0 atom stereocenters. The number of hydrogen-bond donors (Lipinski definition) is 3. The first-order valence-electron chi connectivity index (χ1n) is 20.5. The van der Waals surface area contributed by atoms with Gasteiger partial charge in [0.1, 0.15) is 0 Å². The van der Waals surface area contributed by atoms with Crippen LogP contribution in [-0.4, -0.2) is 91.0 Å². The lowest BCUT2D eigenvalue weighted by molar-refractivity contribution is 0.0697. The number of hydrogen-bond acceptors (Lipinski definition) is 13. The summed E-state index contributed by atoms with van der Waals surface area (Å²) in [6.45, 7) is 4.99. The van der Waals surface area contributed by atoms with E-state index in [1.165, 1.54) is 34.8 Å². The molecule has 10 rings (SSSR count). The van der Waals surface area contributed by atoms with Crippen LogP contribution in [-0.2, 0) is 22.3 Å². The molecule has 6 aromatic rings. The van der Waals surface area contributed by atoms with E-state index in [-0.39, 0.29) is 22.6 Å². The molecule has 0 aliphatic carbocycles. The predicted octanol–water partition coefficient (Wildman–Crippen LogP) is 9.41. The Bertz CT molecular complexity index is 2710. The highest BCUT2D eigenvalue weighted by Crippen LogP contribution is 2.38. The zero-order valence-electron chi connectivity index (χ0n) is 34.6. The van der Waals surface area contributed by atoms with Crippen LogP contribution in [0.15, 0.2) is 106 Å². The second kappa shape index (κ2) is 20.5. The molecule has 65 heavy (non-hydrogen) atoms. The largest absolute Gasteiger partial charge is 0.478 e. The van der Waals surface area contributed by atoms with Gasteiger partial charge in [-0.2, -0.15) is 0 Å². The van der Waals surface area contributed by atoms with Crippen molar-refractivity contribution >= 4 is 79.0 Å². The van der Waals surface area contributed by atoms with Crippen molar-refractivity contribution in [3.8, 4) is 0 Å². The maximum absolute atomic E-state index is 14.0. The summed E-state index contributed by atoms with van der Waals surface area (Å²) < 4.78 is 66.2. The number of morpholine rings is 2. The zero-order chi connectivity index (χ0) is 45.5. The molecule has 4 aliphatic rings. The van der Waals surface area contributed by atoms with Crippen molar-refractivity contribution < 1.29 is 41.7 Å². The number of aromatic carboxylic acids is 1. The standard InChI is InChI=1S/C23H20F2N4O2S.C20H18F2N2O3.C3H4N2S/c24-21(25)18-13-15(29-7-9-31-10-8-29)4-5-16(18)19-12-14-2-1-3-17(20(14)27-19)22(30)28-23-26-6-11-32-23;21-19(22)16-11-13(24-6-8-27-9-7-24)4-5-14(16)17-10-12-2-1-3-15(20(25)26)18(12)23-17;4-3-5-1-2-6-3/h1-6,11,13,21H,7-10,12H2,(H,26,28,30);1-5,11,19H,6-10H2,(H,25,26);1-2H,(H2,4,5). The van der Waals surface area contributed by atoms with Gasteiger partial charge in [0.15, 0.2) is 10.3 Å². The average Bonchev–Trinajstić information content (AvgIpc) is 4.18. The molecule has 0 bridgehead atoms. The van der Waals surface area contributed by atoms with Crippen LogP contribution in [0.2, 0.25) is 0 Å². The van der Waals surface area contributed by atoms with Gasteiger partial charge in [-0.25, -0.2) is 32.3 Å². The smallest absolute Gasteiger partial charge is 0.337 e. The monoisotopic (exact) mass is 926 g/mol. The zero-order valence-corrected chi connectivity index (χ0v) is 36.3. The average molecular weight is 927 g/mol. The molecule has 4 aliphatic heterocycles. The molecule has 0 unspecified atom stereocenters. The number of carbonyl (C=O) groups is 2. The van der Waals surface area contributed by atoms with Crippen molar-refractivity contribution in [3.63, 3.8) is 0 Å². The maximum Gasteiger partial charge on any atom is 0.337 e. The number of nitrogen functional groups attached to an aromatic ring is 1. The molecule has 4 aromatic carbocycles. The highest BCUT2D eigenvalue weighted by Gasteiger charge is 2.28. The molecule has 336 valence electrons. The summed E-state index contributed by atoms with van der Waals surface area (Å²) in [5.74, 6) is -1.40. The Hall–Kier alpha value is -6.54. The quantitative estimate of drug-likeness (QED) is 0.119. The molecule has 2 fully saturated rings. The highest BCUT2D eigenvalue weighted by atomic mass is 32.1. The second-order valence-corrected chi connectivity index (χ2v) is 16.7. The number of para-hydroxylation sites is 2. The number of amides is 1. The number of fused-ring (bicyclic) bond motifs is 2. The lowest BCUT2D eigenvalue weighted by Crippen LogP contribution is -2.36. The Balaban J connectivity index is 0.000000159. The number of benzene rings is 4. The lowest BCUT2D eigenvalue weighted by Gasteiger charge is -2.29. The fourth-order valence-corrected chi connectivity index (χ4v) is 8.72. The van der Waals surface area contributed by atoms with E-state index in [0.717, 1.165) is 22.5 Å². The number of carboxylic acids is 1. The topological polar surface area (TPSA) is 168 Å². The van der Waals surface area contributed by atoms with E-state index in [1.807, 2.05) is 33.4 Å². The number of aromatic nitrogens is 2. The number of nitrogens with zero attached hydrogens (tertiary/aromatic N) is 6. The molecule has 19 heteroatoms. The van der Waals surface area contributed by atoms with E-state index in [0.29, 0.717) is 115 Å². The van der Waals surface area contributed by atoms with Crippen molar-refractivity contribution in [2.75, 3.05) is 73.5 Å². The van der Waals surface area contributed by atoms with E-state index in [9.17, 15) is 32.3 Å². The van der Waals surface area contributed by atoms with Crippen molar-refractivity contribution in [1.82, 2.24) is 9.97 Å². The first kappa shape index (κ1) is 45.0. The molecule has 0 radical (unpaired) electrons. The van der Waals surface area contributed by atoms with Crippen molar-refractivity contribution in [2.45, 2.75) is 25.7 Å². The van der Waals surface area contributed by atoms with Gasteiger partial charge in [-0.05, 0) is 47.5 Å². The van der Waals surface area contributed by atoms with Crippen LogP contribution in [0.1, 0.15) is 66.9 Å². The van der Waals surface area contributed by atoms with Gasteiger partial charge in [-0.15, -0.1) is 22.7 Å². The first-order chi connectivity index (χ1) is 31.5. The van der Waals surface area contributed by atoms with Crippen molar-refractivity contribution in [3.05, 3.63) is 140 Å². The Morgan fingerprint density at radius 2 is 1.17 bits per heavy atom. The molecule has 0 saturated carbocycles. The third kappa shape index (κ3) is 10.5. The number of aliphatic imine (C=N–C) groups is 2. The van der Waals surface area contributed by atoms with Crippen LogP contribution in [0.3, 0.4) is 0 Å². The Morgan fingerprint density at radius 3 is 1.60 bits per heavy atom. The highest BCUT2D eigenvalue weighted by molar-refractivity contribution is 7.13. The number of carbonyl (C=O) groups excluding carboxylic acids is 1. The number of halogens is 4. The number of anilines is 4. The Kier molecular flexibility index (Phi) is 14.2. The van der Waals surface area contributed by atoms with Gasteiger partial charge in [0, 0.05) is 95.8 Å². The van der Waals surface area contributed by atoms with E-state index >= 15 is 0 Å². The maximum atomic E-state index is 14.0. The summed E-state index contributed by atoms with van der Waals surface area (Å²) in [6, 6.07) is 20.3. The molecule has 2 aromatic heterocycles. The van der Waals surface area contributed by atoms with Crippen LogP contribution in [0.25, 0.3) is 0 Å². The molecule has 6 heterocycles. The summed E-state index contributed by atoms with van der Waals surface area (Å²) in [7, 11) is 0. The number of carboxylic acid groups (broad SMARTS) is 1. The number of rotatable bonds is 9. The van der Waals surface area contributed by atoms with Crippen molar-refractivity contribution in [2.24, 2.45) is 9.98 Å². The van der Waals surface area contributed by atoms with E-state index in [2.05, 4.69) is 25.3 Å². The SMILES string of the molecule is Nc1nccs1.O=C(Nc1nccs1)c1cccc2c1N=C(c1ccc(N3CCOCC3)cc1C(F)F)C2.O=C(O)c1cccc2c1N=C(c1ccc(N3CCOCC3)cc1C(F)F)C2. The van der Waals surface area contributed by atoms with Gasteiger partial charge in [0.2, 0.25) is 0 Å². The van der Waals surface area contributed by atoms with Gasteiger partial charge < -0.3 is 30.1 Å². The van der Waals surface area contributed by atoms with Crippen LogP contribution in [0, 0.1) is 0 Å². The Labute approximate surface area is 378 Å². The van der Waals surface area contributed by atoms with E-state index in [1.54, 1.807) is 60.2 Å². The second-order valence-electron chi connectivity index (χ2n) is 14.9. The molecule has 4 N–H and O–H groups in total. The molecule has 0 spiro atoms. The summed E-state index contributed by atoms with van der Waals surface area (Å²) in [4.78, 5) is 45.0. The van der Waals surface area contributed by atoms with Gasteiger partial charge in [-0.3, -0.25) is 20.1 Å². The van der Waals surface area contributed by atoms with E-state index in [4.69, 9.17) is 15.2 Å². The van der Waals surface area contributed by atoms with Gasteiger partial charge in [-0.1, -0.05) is 36.4 Å². The summed E-state index contributed by atoms with van der Waals surface area (Å²) in [5.41, 5.74) is 11.3. The molecular formula is C46H42F4N8O5S2. The fourth-order valence-electron chi connectivity index (χ4n) is 7.82. The molecule has 2 saturated heterocycles. The third-order valence-corrected chi connectivity index (χ3v) is 12.2. The van der Waals surface area contributed by atoms with E-state index < -0.39 is 18.8 Å². The Morgan fingerprint density at radius 1 is 0.677 bits per heavy atom. The predicted molar refractivity (Wildman–Crippen MR) is 245 cm³/mol. The van der Waals surface area contributed by atoms with Gasteiger partial charge >= 0.3 is 5.97 Å². The normalized spacial score (nSPS) is 15.3. The number of alkyl halides is 4. The minimum Gasteiger partial charge on any atom is -0.478 e. The molecule has 13 nitrogen and oxygen atoms in total. The summed E-state index contributed by atoms with van der Waals surface area (Å²) in [5, 5.41) is 16.8. The van der Waals surface area contributed by atoms with Crippen LogP contribution in [0.5, 0.6) is 0 Å². The van der Waals surface area contributed by atoms with Crippen LogP contribution >= 0.6 is 22.7 Å². The van der Waals surface area contributed by atoms with Crippen molar-refractivity contribution in [1.29, 1.82) is 0 Å².